The predicted molar refractivity (Wildman–Crippen MR) is 110 cm³/mol. The average Bonchev–Trinajstić information content (AvgIpc) is 3.53. The van der Waals surface area contributed by atoms with Crippen LogP contribution in [0.2, 0.25) is 0 Å². The number of amides is 2. The van der Waals surface area contributed by atoms with E-state index in [1.807, 2.05) is 65.4 Å². The first kappa shape index (κ1) is 17.9. The summed E-state index contributed by atoms with van der Waals surface area (Å²) in [5.41, 5.74) is 3.19. The minimum Gasteiger partial charge on any atom is -0.335 e. The van der Waals surface area contributed by atoms with Crippen LogP contribution in [0.1, 0.15) is 51.0 Å². The van der Waals surface area contributed by atoms with Gasteiger partial charge in [0, 0.05) is 43.9 Å². The van der Waals surface area contributed by atoms with Gasteiger partial charge in [-0.05, 0) is 44.0 Å². The molecule has 0 N–H and O–H groups in total. The van der Waals surface area contributed by atoms with Crippen molar-refractivity contribution >= 4 is 17.3 Å². The Hall–Kier alpha value is -3.15. The number of hydrogen-bond acceptors (Lipinski definition) is 3. The normalized spacial score (nSPS) is 17.0. The lowest BCUT2D eigenvalue weighted by Crippen LogP contribution is -2.50. The van der Waals surface area contributed by atoms with Gasteiger partial charge in [0.25, 0.3) is 11.8 Å². The highest BCUT2D eigenvalue weighted by Crippen LogP contribution is 2.40. The summed E-state index contributed by atoms with van der Waals surface area (Å²) in [4.78, 5) is 34.4. The predicted octanol–water partition coefficient (Wildman–Crippen LogP) is 3.12. The lowest BCUT2D eigenvalue weighted by molar-refractivity contribution is 0.0533. The average molecular weight is 388 g/mol. The van der Waals surface area contributed by atoms with Crippen molar-refractivity contribution in [3.63, 3.8) is 0 Å². The number of aryl methyl sites for hydroxylation is 1. The van der Waals surface area contributed by atoms with Gasteiger partial charge in [0.1, 0.15) is 5.82 Å². The number of fused-ring (bicyclic) bond motifs is 1. The molecule has 29 heavy (non-hydrogen) atoms. The molecule has 0 spiro atoms. The molecule has 148 valence electrons. The van der Waals surface area contributed by atoms with Gasteiger partial charge in [-0.2, -0.15) is 0 Å². The number of hydrogen-bond donors (Lipinski definition) is 0. The van der Waals surface area contributed by atoms with Crippen LogP contribution in [0, 0.1) is 6.92 Å². The Bertz CT molecular complexity index is 1090. The second-order valence-corrected chi connectivity index (χ2v) is 8.00. The zero-order valence-electron chi connectivity index (χ0n) is 16.5. The molecule has 1 aliphatic carbocycles. The Morgan fingerprint density at radius 3 is 2.34 bits per heavy atom. The van der Waals surface area contributed by atoms with Crippen LogP contribution in [0.25, 0.3) is 5.52 Å². The summed E-state index contributed by atoms with van der Waals surface area (Å²) in [6, 6.07) is 13.5. The fourth-order valence-corrected chi connectivity index (χ4v) is 4.07. The number of pyridine rings is 1. The van der Waals surface area contributed by atoms with Crippen molar-refractivity contribution in [1.82, 2.24) is 19.2 Å². The van der Waals surface area contributed by atoms with Gasteiger partial charge in [0.05, 0.1) is 5.52 Å². The van der Waals surface area contributed by atoms with E-state index >= 15 is 0 Å². The van der Waals surface area contributed by atoms with Crippen LogP contribution in [0.3, 0.4) is 0 Å². The quantitative estimate of drug-likeness (QED) is 0.693. The summed E-state index contributed by atoms with van der Waals surface area (Å²) in [7, 11) is 0. The molecule has 1 saturated heterocycles. The monoisotopic (exact) mass is 388 g/mol. The van der Waals surface area contributed by atoms with Crippen LogP contribution in [0.5, 0.6) is 0 Å². The summed E-state index contributed by atoms with van der Waals surface area (Å²) in [6.07, 6.45) is 4.27. The van der Waals surface area contributed by atoms with E-state index in [-0.39, 0.29) is 11.8 Å². The molecule has 3 heterocycles. The van der Waals surface area contributed by atoms with E-state index in [1.54, 1.807) is 0 Å². The topological polar surface area (TPSA) is 57.9 Å². The maximum Gasteiger partial charge on any atom is 0.274 e. The molecular weight excluding hydrogens is 364 g/mol. The van der Waals surface area contributed by atoms with Crippen LogP contribution in [-0.4, -0.2) is 57.2 Å². The van der Waals surface area contributed by atoms with Crippen LogP contribution in [-0.2, 0) is 0 Å². The summed E-state index contributed by atoms with van der Waals surface area (Å²) in [6.45, 7) is 4.13. The Morgan fingerprint density at radius 2 is 1.66 bits per heavy atom. The van der Waals surface area contributed by atoms with Crippen molar-refractivity contribution in [2.24, 2.45) is 0 Å². The highest BCUT2D eigenvalue weighted by atomic mass is 16.2. The van der Waals surface area contributed by atoms with Crippen molar-refractivity contribution in [1.29, 1.82) is 0 Å². The molecule has 1 aliphatic heterocycles. The SMILES string of the molecule is Cc1cccc(C(=O)N2CCN(C(=O)c3nc(C4CC4)n4ccccc34)CC2)c1. The molecule has 3 aromatic rings. The van der Waals surface area contributed by atoms with Crippen LogP contribution in [0.15, 0.2) is 48.7 Å². The van der Waals surface area contributed by atoms with E-state index < -0.39 is 0 Å². The molecule has 0 unspecified atom stereocenters. The number of piperazine rings is 1. The Balaban J connectivity index is 1.32. The van der Waals surface area contributed by atoms with Gasteiger partial charge in [0.15, 0.2) is 5.69 Å². The highest BCUT2D eigenvalue weighted by Gasteiger charge is 2.32. The molecule has 1 saturated carbocycles. The molecule has 6 heteroatoms. The maximum atomic E-state index is 13.2. The molecule has 0 atom stereocenters. The number of imidazole rings is 1. The molecule has 2 aromatic heterocycles. The van der Waals surface area contributed by atoms with Gasteiger partial charge in [-0.3, -0.25) is 9.59 Å². The first-order valence-electron chi connectivity index (χ1n) is 10.2. The number of carbonyl (C=O) groups excluding carboxylic acids is 2. The van der Waals surface area contributed by atoms with Crippen molar-refractivity contribution in [3.8, 4) is 0 Å². The number of carbonyl (C=O) groups is 2. The number of rotatable bonds is 3. The molecule has 0 bridgehead atoms. The van der Waals surface area contributed by atoms with E-state index in [9.17, 15) is 9.59 Å². The van der Waals surface area contributed by atoms with Gasteiger partial charge >= 0.3 is 0 Å². The summed E-state index contributed by atoms with van der Waals surface area (Å²) < 4.78 is 2.06. The van der Waals surface area contributed by atoms with Crippen LogP contribution >= 0.6 is 0 Å². The zero-order chi connectivity index (χ0) is 20.0. The van der Waals surface area contributed by atoms with Crippen molar-refractivity contribution < 1.29 is 9.59 Å². The molecule has 2 fully saturated rings. The fraction of sp³-hybridized carbons (Fsp3) is 0.348. The van der Waals surface area contributed by atoms with Gasteiger partial charge in [-0.15, -0.1) is 0 Å². The van der Waals surface area contributed by atoms with E-state index in [1.165, 1.54) is 0 Å². The van der Waals surface area contributed by atoms with E-state index in [0.29, 0.717) is 43.4 Å². The Kier molecular flexibility index (Phi) is 4.34. The zero-order valence-corrected chi connectivity index (χ0v) is 16.5. The molecule has 1 aromatic carbocycles. The van der Waals surface area contributed by atoms with E-state index in [4.69, 9.17) is 4.98 Å². The fourth-order valence-electron chi connectivity index (χ4n) is 4.07. The molecule has 5 rings (SSSR count). The maximum absolute atomic E-state index is 13.2. The van der Waals surface area contributed by atoms with Crippen LogP contribution in [0.4, 0.5) is 0 Å². The second kappa shape index (κ2) is 7.03. The summed E-state index contributed by atoms with van der Waals surface area (Å²) in [5, 5.41) is 0. The Labute approximate surface area is 169 Å². The number of nitrogens with zero attached hydrogens (tertiary/aromatic N) is 4. The third-order valence-electron chi connectivity index (χ3n) is 5.84. The third-order valence-corrected chi connectivity index (χ3v) is 5.84. The molecule has 0 radical (unpaired) electrons. The van der Waals surface area contributed by atoms with Crippen molar-refractivity contribution in [3.05, 3.63) is 71.3 Å². The first-order valence-corrected chi connectivity index (χ1v) is 10.2. The molecule has 6 nitrogen and oxygen atoms in total. The van der Waals surface area contributed by atoms with Crippen molar-refractivity contribution in [2.75, 3.05) is 26.2 Å². The molecule has 2 aliphatic rings. The lowest BCUT2D eigenvalue weighted by atomic mass is 10.1. The molecule has 2 amide bonds. The minimum atomic E-state index is -0.0387. The van der Waals surface area contributed by atoms with E-state index in [2.05, 4.69) is 4.40 Å². The largest absolute Gasteiger partial charge is 0.335 e. The first-order chi connectivity index (χ1) is 14.1. The van der Waals surface area contributed by atoms with Gasteiger partial charge < -0.3 is 14.2 Å². The van der Waals surface area contributed by atoms with E-state index in [0.717, 1.165) is 29.7 Å². The lowest BCUT2D eigenvalue weighted by Gasteiger charge is -2.34. The summed E-state index contributed by atoms with van der Waals surface area (Å²) in [5.74, 6) is 1.46. The van der Waals surface area contributed by atoms with Gasteiger partial charge in [-0.25, -0.2) is 4.98 Å². The minimum absolute atomic E-state index is 0.0317. The molecular formula is C23H24N4O2. The smallest absolute Gasteiger partial charge is 0.274 e. The highest BCUT2D eigenvalue weighted by molar-refractivity contribution is 5.99. The Morgan fingerprint density at radius 1 is 0.931 bits per heavy atom. The van der Waals surface area contributed by atoms with Crippen molar-refractivity contribution in [2.45, 2.75) is 25.7 Å². The second-order valence-electron chi connectivity index (χ2n) is 8.00. The third kappa shape index (κ3) is 3.28. The number of benzene rings is 1. The number of aromatic nitrogens is 2. The van der Waals surface area contributed by atoms with Gasteiger partial charge in [-0.1, -0.05) is 23.8 Å². The van der Waals surface area contributed by atoms with Gasteiger partial charge in [0.2, 0.25) is 0 Å². The van der Waals surface area contributed by atoms with Crippen LogP contribution < -0.4 is 0 Å². The summed E-state index contributed by atoms with van der Waals surface area (Å²) >= 11 is 0. The standard InChI is InChI=1S/C23H24N4O2/c1-16-5-4-6-18(15-16)22(28)25-11-13-26(14-12-25)23(29)20-19-7-2-3-10-27(19)21(24-20)17-8-9-17/h2-7,10,15,17H,8-9,11-14H2,1H3.